The maximum atomic E-state index is 12.2. The Labute approximate surface area is 98.8 Å². The van der Waals surface area contributed by atoms with Crippen LogP contribution in [0.1, 0.15) is 24.2 Å². The highest BCUT2D eigenvalue weighted by Crippen LogP contribution is 2.22. The Morgan fingerprint density at radius 3 is 2.06 bits per heavy atom. The molecule has 0 unspecified atom stereocenters. The van der Waals surface area contributed by atoms with Crippen LogP contribution in [0.15, 0.2) is 30.3 Å². The van der Waals surface area contributed by atoms with E-state index in [4.69, 9.17) is 4.43 Å². The number of benzene rings is 1. The SMILES string of the molecule is CC(C)(O[Si](C)(C)C)C(=O)c1ccccc1. The second-order valence-electron chi connectivity index (χ2n) is 5.42. The zero-order valence-corrected chi connectivity index (χ0v) is 11.7. The van der Waals surface area contributed by atoms with Gasteiger partial charge in [-0.15, -0.1) is 0 Å². The van der Waals surface area contributed by atoms with Crippen molar-refractivity contribution >= 4 is 14.1 Å². The number of rotatable bonds is 4. The lowest BCUT2D eigenvalue weighted by Crippen LogP contribution is -2.44. The van der Waals surface area contributed by atoms with E-state index in [1.807, 2.05) is 44.2 Å². The summed E-state index contributed by atoms with van der Waals surface area (Å²) in [4.78, 5) is 12.2. The molecule has 3 heteroatoms. The molecule has 16 heavy (non-hydrogen) atoms. The predicted octanol–water partition coefficient (Wildman–Crippen LogP) is 3.50. The van der Waals surface area contributed by atoms with Gasteiger partial charge in [0.05, 0.1) is 0 Å². The minimum atomic E-state index is -1.71. The average molecular weight is 236 g/mol. The second-order valence-corrected chi connectivity index (χ2v) is 9.85. The highest BCUT2D eigenvalue weighted by atomic mass is 28.4. The van der Waals surface area contributed by atoms with Crippen LogP contribution in [0.4, 0.5) is 0 Å². The molecule has 0 atom stereocenters. The van der Waals surface area contributed by atoms with Crippen molar-refractivity contribution in [3.8, 4) is 0 Å². The summed E-state index contributed by atoms with van der Waals surface area (Å²) < 4.78 is 5.93. The first-order valence-electron chi connectivity index (χ1n) is 5.52. The van der Waals surface area contributed by atoms with Gasteiger partial charge < -0.3 is 4.43 Å². The quantitative estimate of drug-likeness (QED) is 0.591. The lowest BCUT2D eigenvalue weighted by atomic mass is 9.97. The van der Waals surface area contributed by atoms with Gasteiger partial charge in [0.15, 0.2) is 14.1 Å². The van der Waals surface area contributed by atoms with Crippen LogP contribution in [0.2, 0.25) is 19.6 Å². The van der Waals surface area contributed by atoms with Gasteiger partial charge in [0, 0.05) is 5.56 Å². The Hall–Kier alpha value is -0.933. The van der Waals surface area contributed by atoms with Crippen LogP contribution in [0.3, 0.4) is 0 Å². The van der Waals surface area contributed by atoms with Gasteiger partial charge >= 0.3 is 0 Å². The van der Waals surface area contributed by atoms with Crippen molar-refractivity contribution in [3.05, 3.63) is 35.9 Å². The van der Waals surface area contributed by atoms with Crippen LogP contribution in [-0.4, -0.2) is 19.7 Å². The molecule has 0 aliphatic carbocycles. The van der Waals surface area contributed by atoms with E-state index in [9.17, 15) is 4.79 Å². The molecule has 0 saturated carbocycles. The van der Waals surface area contributed by atoms with E-state index in [-0.39, 0.29) is 5.78 Å². The van der Waals surface area contributed by atoms with E-state index in [1.54, 1.807) is 0 Å². The summed E-state index contributed by atoms with van der Waals surface area (Å²) in [5, 5.41) is 0. The van der Waals surface area contributed by atoms with Gasteiger partial charge in [-0.2, -0.15) is 0 Å². The van der Waals surface area contributed by atoms with Crippen LogP contribution in [-0.2, 0) is 4.43 Å². The molecule has 0 radical (unpaired) electrons. The topological polar surface area (TPSA) is 26.3 Å². The Kier molecular flexibility index (Phi) is 3.71. The van der Waals surface area contributed by atoms with Crippen molar-refractivity contribution < 1.29 is 9.22 Å². The molecule has 0 N–H and O–H groups in total. The maximum Gasteiger partial charge on any atom is 0.192 e. The number of hydrogen-bond donors (Lipinski definition) is 0. The van der Waals surface area contributed by atoms with Gasteiger partial charge in [-0.3, -0.25) is 4.79 Å². The average Bonchev–Trinajstić information content (AvgIpc) is 2.14. The van der Waals surface area contributed by atoms with Crippen molar-refractivity contribution in [1.82, 2.24) is 0 Å². The number of carbonyl (C=O) groups is 1. The number of ketones is 1. The summed E-state index contributed by atoms with van der Waals surface area (Å²) in [5.41, 5.74) is -0.0167. The van der Waals surface area contributed by atoms with Crippen molar-refractivity contribution in [2.75, 3.05) is 0 Å². The molecule has 88 valence electrons. The molecule has 2 nitrogen and oxygen atoms in total. The van der Waals surface area contributed by atoms with Crippen molar-refractivity contribution in [2.45, 2.75) is 39.1 Å². The molecular formula is C13H20O2Si. The fraction of sp³-hybridized carbons (Fsp3) is 0.462. The summed E-state index contributed by atoms with van der Waals surface area (Å²) in [5.74, 6) is 0.0514. The molecule has 0 spiro atoms. The number of Topliss-reactive ketones (excluding diaryl/α,β-unsaturated/α-hetero) is 1. The van der Waals surface area contributed by atoms with Crippen molar-refractivity contribution in [2.24, 2.45) is 0 Å². The summed E-state index contributed by atoms with van der Waals surface area (Å²) in [6, 6.07) is 9.31. The van der Waals surface area contributed by atoms with Gasteiger partial charge in [-0.1, -0.05) is 30.3 Å². The molecule has 0 heterocycles. The standard InChI is InChI=1S/C13H20O2Si/c1-13(2,15-16(3,4)5)12(14)11-9-7-6-8-10-11/h6-10H,1-5H3. The van der Waals surface area contributed by atoms with E-state index in [0.29, 0.717) is 5.56 Å². The highest BCUT2D eigenvalue weighted by Gasteiger charge is 2.34. The Morgan fingerprint density at radius 2 is 1.62 bits per heavy atom. The van der Waals surface area contributed by atoms with Crippen LogP contribution in [0.5, 0.6) is 0 Å². The Morgan fingerprint density at radius 1 is 1.12 bits per heavy atom. The third-order valence-electron chi connectivity index (χ3n) is 2.14. The Balaban J connectivity index is 2.89. The molecule has 0 aliphatic heterocycles. The molecule has 1 rings (SSSR count). The van der Waals surface area contributed by atoms with Crippen LogP contribution in [0, 0.1) is 0 Å². The zero-order valence-electron chi connectivity index (χ0n) is 10.7. The normalized spacial score (nSPS) is 12.6. The second kappa shape index (κ2) is 4.51. The van der Waals surface area contributed by atoms with E-state index in [2.05, 4.69) is 19.6 Å². The van der Waals surface area contributed by atoms with Gasteiger partial charge in [-0.25, -0.2) is 0 Å². The summed E-state index contributed by atoms with van der Waals surface area (Å²) in [6.07, 6.45) is 0. The molecule has 0 aromatic heterocycles. The van der Waals surface area contributed by atoms with E-state index < -0.39 is 13.9 Å². The molecule has 1 aromatic carbocycles. The molecular weight excluding hydrogens is 216 g/mol. The minimum Gasteiger partial charge on any atom is -0.405 e. The van der Waals surface area contributed by atoms with E-state index >= 15 is 0 Å². The monoisotopic (exact) mass is 236 g/mol. The first-order valence-corrected chi connectivity index (χ1v) is 8.93. The first kappa shape index (κ1) is 13.1. The van der Waals surface area contributed by atoms with Gasteiger partial charge in [0.25, 0.3) is 0 Å². The summed E-state index contributed by atoms with van der Waals surface area (Å²) in [7, 11) is -1.71. The molecule has 0 aliphatic rings. The zero-order chi connectivity index (χ0) is 12.4. The molecule has 0 amide bonds. The van der Waals surface area contributed by atoms with Crippen LogP contribution in [0.25, 0.3) is 0 Å². The largest absolute Gasteiger partial charge is 0.405 e. The third kappa shape index (κ3) is 3.58. The van der Waals surface area contributed by atoms with Crippen LogP contribution >= 0.6 is 0 Å². The predicted molar refractivity (Wildman–Crippen MR) is 69.3 cm³/mol. The highest BCUT2D eigenvalue weighted by molar-refractivity contribution is 6.70. The Bertz CT molecular complexity index is 363. The minimum absolute atomic E-state index is 0.0514. The van der Waals surface area contributed by atoms with Crippen LogP contribution < -0.4 is 0 Å². The smallest absolute Gasteiger partial charge is 0.192 e. The molecule has 0 bridgehead atoms. The van der Waals surface area contributed by atoms with Gasteiger partial charge in [0.1, 0.15) is 5.60 Å². The summed E-state index contributed by atoms with van der Waals surface area (Å²) in [6.45, 7) is 9.97. The lowest BCUT2D eigenvalue weighted by molar-refractivity contribution is 0.0558. The van der Waals surface area contributed by atoms with Gasteiger partial charge in [-0.05, 0) is 33.5 Å². The summed E-state index contributed by atoms with van der Waals surface area (Å²) >= 11 is 0. The third-order valence-corrected chi connectivity index (χ3v) is 3.27. The first-order chi connectivity index (χ1) is 7.22. The van der Waals surface area contributed by atoms with E-state index in [1.165, 1.54) is 0 Å². The van der Waals surface area contributed by atoms with Crippen molar-refractivity contribution in [1.29, 1.82) is 0 Å². The fourth-order valence-electron chi connectivity index (χ4n) is 1.75. The maximum absolute atomic E-state index is 12.2. The fourth-order valence-corrected chi connectivity index (χ4v) is 3.37. The van der Waals surface area contributed by atoms with Gasteiger partial charge in [0.2, 0.25) is 0 Å². The van der Waals surface area contributed by atoms with Crippen molar-refractivity contribution in [3.63, 3.8) is 0 Å². The molecule has 0 fully saturated rings. The molecule has 0 saturated heterocycles. The number of carbonyl (C=O) groups excluding carboxylic acids is 1. The lowest BCUT2D eigenvalue weighted by Gasteiger charge is -2.31. The number of hydrogen-bond acceptors (Lipinski definition) is 2. The van der Waals surface area contributed by atoms with E-state index in [0.717, 1.165) is 0 Å². The molecule has 1 aromatic rings.